The van der Waals surface area contributed by atoms with E-state index in [1.807, 2.05) is 0 Å². The highest BCUT2D eigenvalue weighted by molar-refractivity contribution is 5.09. The van der Waals surface area contributed by atoms with Gasteiger partial charge < -0.3 is 9.47 Å². The van der Waals surface area contributed by atoms with Gasteiger partial charge in [0.15, 0.2) is 0 Å². The molecule has 0 amide bonds. The second-order valence-corrected chi connectivity index (χ2v) is 8.37. The highest BCUT2D eigenvalue weighted by atomic mass is 19.3. The van der Waals surface area contributed by atoms with Gasteiger partial charge in [0.2, 0.25) is 0 Å². The number of halogens is 2. The fourth-order valence-corrected chi connectivity index (χ4v) is 5.62. The van der Waals surface area contributed by atoms with Gasteiger partial charge in [0, 0.05) is 6.92 Å². The third kappa shape index (κ3) is 3.42. The van der Waals surface area contributed by atoms with E-state index in [0.717, 1.165) is 39.0 Å². The SMILES string of the molecule is CC(C)OC12CC3CC(CC(COCC(C)(F)F)(C3)C1)C2. The Kier molecular flexibility index (Phi) is 3.85. The second-order valence-electron chi connectivity index (χ2n) is 8.37. The molecule has 4 fully saturated rings. The Balaban J connectivity index is 1.68. The van der Waals surface area contributed by atoms with Crippen LogP contribution in [0, 0.1) is 17.3 Å². The molecule has 4 aliphatic rings. The molecule has 4 rings (SSSR count). The Hall–Kier alpha value is -0.220. The zero-order valence-electron chi connectivity index (χ0n) is 13.5. The van der Waals surface area contributed by atoms with E-state index in [1.165, 1.54) is 6.42 Å². The van der Waals surface area contributed by atoms with Crippen LogP contribution in [0.25, 0.3) is 0 Å². The van der Waals surface area contributed by atoms with Crippen LogP contribution < -0.4 is 0 Å². The minimum absolute atomic E-state index is 0.00363. The molecule has 21 heavy (non-hydrogen) atoms. The summed E-state index contributed by atoms with van der Waals surface area (Å²) >= 11 is 0. The molecule has 4 heteroatoms. The lowest BCUT2D eigenvalue weighted by atomic mass is 9.48. The lowest BCUT2D eigenvalue weighted by Crippen LogP contribution is -2.58. The van der Waals surface area contributed by atoms with Gasteiger partial charge in [-0.15, -0.1) is 0 Å². The molecule has 0 spiro atoms. The van der Waals surface area contributed by atoms with Gasteiger partial charge in [0.1, 0.15) is 6.61 Å². The molecule has 0 aliphatic heterocycles. The summed E-state index contributed by atoms with van der Waals surface area (Å²) in [5.41, 5.74) is 0.0839. The van der Waals surface area contributed by atoms with Crippen LogP contribution in [-0.2, 0) is 9.47 Å². The lowest BCUT2D eigenvalue weighted by Gasteiger charge is -2.62. The molecule has 0 radical (unpaired) electrons. The molecule has 2 unspecified atom stereocenters. The maximum atomic E-state index is 13.0. The molecule has 0 aromatic rings. The second kappa shape index (κ2) is 5.16. The van der Waals surface area contributed by atoms with Crippen LogP contribution in [0.2, 0.25) is 0 Å². The van der Waals surface area contributed by atoms with Crippen molar-refractivity contribution in [3.63, 3.8) is 0 Å². The van der Waals surface area contributed by atoms with Crippen LogP contribution in [0.15, 0.2) is 0 Å². The molecule has 2 atom stereocenters. The number of alkyl halides is 2. The Labute approximate surface area is 126 Å². The van der Waals surface area contributed by atoms with Crippen molar-refractivity contribution < 1.29 is 18.3 Å². The first-order valence-electron chi connectivity index (χ1n) is 8.33. The quantitative estimate of drug-likeness (QED) is 0.723. The van der Waals surface area contributed by atoms with E-state index in [4.69, 9.17) is 9.47 Å². The van der Waals surface area contributed by atoms with Crippen molar-refractivity contribution in [2.45, 2.75) is 76.9 Å². The Morgan fingerprint density at radius 1 is 1.14 bits per heavy atom. The van der Waals surface area contributed by atoms with E-state index in [0.29, 0.717) is 18.4 Å². The van der Waals surface area contributed by atoms with Crippen molar-refractivity contribution >= 4 is 0 Å². The van der Waals surface area contributed by atoms with Crippen molar-refractivity contribution in [1.29, 1.82) is 0 Å². The summed E-state index contributed by atoms with van der Waals surface area (Å²) < 4.78 is 37.7. The van der Waals surface area contributed by atoms with Gasteiger partial charge in [-0.05, 0) is 69.6 Å². The largest absolute Gasteiger partial charge is 0.375 e. The Morgan fingerprint density at radius 2 is 1.76 bits per heavy atom. The van der Waals surface area contributed by atoms with Crippen molar-refractivity contribution in [1.82, 2.24) is 0 Å². The minimum atomic E-state index is -2.73. The van der Waals surface area contributed by atoms with E-state index in [9.17, 15) is 8.78 Å². The van der Waals surface area contributed by atoms with Gasteiger partial charge in [-0.3, -0.25) is 0 Å². The average molecular weight is 302 g/mol. The third-order valence-electron chi connectivity index (χ3n) is 5.38. The van der Waals surface area contributed by atoms with Gasteiger partial charge in [-0.25, -0.2) is 8.78 Å². The van der Waals surface area contributed by atoms with Gasteiger partial charge in [-0.2, -0.15) is 0 Å². The van der Waals surface area contributed by atoms with E-state index in [2.05, 4.69) is 13.8 Å². The zero-order chi connectivity index (χ0) is 15.3. The first-order chi connectivity index (χ1) is 9.69. The first-order valence-corrected chi connectivity index (χ1v) is 8.33. The maximum absolute atomic E-state index is 13.0. The summed E-state index contributed by atoms with van der Waals surface area (Å²) in [5, 5.41) is 0. The fourth-order valence-electron chi connectivity index (χ4n) is 5.62. The van der Waals surface area contributed by atoms with E-state index < -0.39 is 12.5 Å². The molecule has 0 N–H and O–H groups in total. The number of rotatable bonds is 6. The molecule has 0 aromatic carbocycles. The highest BCUT2D eigenvalue weighted by Crippen LogP contribution is 2.63. The summed E-state index contributed by atoms with van der Waals surface area (Å²) in [5.74, 6) is -1.32. The van der Waals surface area contributed by atoms with E-state index in [1.54, 1.807) is 0 Å². The Bertz CT molecular complexity index is 369. The van der Waals surface area contributed by atoms with Crippen molar-refractivity contribution in [3.8, 4) is 0 Å². The summed E-state index contributed by atoms with van der Waals surface area (Å²) in [6, 6.07) is 0. The molecule has 122 valence electrons. The molecule has 4 aliphatic carbocycles. The fraction of sp³-hybridized carbons (Fsp3) is 1.00. The van der Waals surface area contributed by atoms with Crippen molar-refractivity contribution in [2.75, 3.05) is 13.2 Å². The molecule has 4 saturated carbocycles. The molecule has 2 nitrogen and oxygen atoms in total. The summed E-state index contributed by atoms with van der Waals surface area (Å²) in [6.07, 6.45) is 7.14. The Morgan fingerprint density at radius 3 is 2.29 bits per heavy atom. The number of ether oxygens (including phenoxy) is 2. The van der Waals surface area contributed by atoms with Crippen LogP contribution in [0.3, 0.4) is 0 Å². The molecular formula is C17H28F2O2. The normalized spacial score (nSPS) is 42.0. The molecule has 0 aromatic heterocycles. The average Bonchev–Trinajstić information content (AvgIpc) is 2.21. The third-order valence-corrected chi connectivity index (χ3v) is 5.38. The topological polar surface area (TPSA) is 18.5 Å². The summed E-state index contributed by atoms with van der Waals surface area (Å²) in [6.45, 7) is 5.14. The van der Waals surface area contributed by atoms with Crippen LogP contribution in [-0.4, -0.2) is 30.8 Å². The number of hydrogen-bond acceptors (Lipinski definition) is 2. The van der Waals surface area contributed by atoms with Crippen LogP contribution >= 0.6 is 0 Å². The zero-order valence-corrected chi connectivity index (χ0v) is 13.5. The van der Waals surface area contributed by atoms with Crippen LogP contribution in [0.1, 0.15) is 59.3 Å². The van der Waals surface area contributed by atoms with Crippen molar-refractivity contribution in [2.24, 2.45) is 17.3 Å². The molecule has 0 heterocycles. The molecule has 4 bridgehead atoms. The standard InChI is InChI=1S/C17H28F2O2/c1-12(2)21-17-7-13-4-14(8-17)6-16(5-13,9-17)11-20-10-15(3,18)19/h12-14H,4-11H2,1-3H3. The lowest BCUT2D eigenvalue weighted by molar-refractivity contribution is -0.221. The van der Waals surface area contributed by atoms with Gasteiger partial charge in [-0.1, -0.05) is 0 Å². The monoisotopic (exact) mass is 302 g/mol. The van der Waals surface area contributed by atoms with Crippen LogP contribution in [0.5, 0.6) is 0 Å². The predicted octanol–water partition coefficient (Wildman–Crippen LogP) is 4.42. The van der Waals surface area contributed by atoms with Crippen molar-refractivity contribution in [3.05, 3.63) is 0 Å². The molecular weight excluding hydrogens is 274 g/mol. The minimum Gasteiger partial charge on any atom is -0.375 e. The van der Waals surface area contributed by atoms with E-state index in [-0.39, 0.29) is 17.1 Å². The highest BCUT2D eigenvalue weighted by Gasteiger charge is 2.58. The van der Waals surface area contributed by atoms with Crippen LogP contribution in [0.4, 0.5) is 8.78 Å². The smallest absolute Gasteiger partial charge is 0.268 e. The molecule has 0 saturated heterocycles. The summed E-state index contributed by atoms with van der Waals surface area (Å²) in [7, 11) is 0. The van der Waals surface area contributed by atoms with E-state index >= 15 is 0 Å². The predicted molar refractivity (Wildman–Crippen MR) is 77.5 cm³/mol. The summed E-state index contributed by atoms with van der Waals surface area (Å²) in [4.78, 5) is 0. The van der Waals surface area contributed by atoms with Gasteiger partial charge in [0.25, 0.3) is 5.92 Å². The first kappa shape index (κ1) is 15.7. The maximum Gasteiger partial charge on any atom is 0.268 e. The number of hydrogen-bond donors (Lipinski definition) is 0. The van der Waals surface area contributed by atoms with Gasteiger partial charge >= 0.3 is 0 Å². The van der Waals surface area contributed by atoms with Gasteiger partial charge in [0.05, 0.1) is 18.3 Å².